The topological polar surface area (TPSA) is 55.4 Å². The molecular formula is C13H16INO3. The van der Waals surface area contributed by atoms with Gasteiger partial charge in [0.25, 0.3) is 0 Å². The lowest BCUT2D eigenvalue weighted by Crippen LogP contribution is -2.34. The highest BCUT2D eigenvalue weighted by atomic mass is 127. The van der Waals surface area contributed by atoms with E-state index in [-0.39, 0.29) is 22.3 Å². The lowest BCUT2D eigenvalue weighted by molar-refractivity contribution is -0.139. The van der Waals surface area contributed by atoms with Gasteiger partial charge in [-0.05, 0) is 12.5 Å². The van der Waals surface area contributed by atoms with Crippen molar-refractivity contribution in [2.75, 3.05) is 13.7 Å². The number of amides is 1. The predicted molar refractivity (Wildman–Crippen MR) is 77.7 cm³/mol. The summed E-state index contributed by atoms with van der Waals surface area (Å²) in [5.74, 6) is -0.421. The fourth-order valence-corrected chi connectivity index (χ4v) is 1.84. The molecule has 0 bridgehead atoms. The number of benzene rings is 1. The first-order valence-electron chi connectivity index (χ1n) is 5.57. The molecule has 98 valence electrons. The van der Waals surface area contributed by atoms with Gasteiger partial charge in [-0.1, -0.05) is 52.4 Å². The molecule has 18 heavy (non-hydrogen) atoms. The van der Waals surface area contributed by atoms with Gasteiger partial charge in [0.05, 0.1) is 13.5 Å². The van der Waals surface area contributed by atoms with Gasteiger partial charge in [0.15, 0.2) is 0 Å². The molecule has 5 heteroatoms. The number of ether oxygens (including phenoxy) is 1. The molecule has 0 aliphatic rings. The zero-order chi connectivity index (χ0) is 13.5. The molecule has 0 aliphatic heterocycles. The molecule has 1 aromatic carbocycles. The number of carbonyl (C=O) groups excluding carboxylic acids is 2. The van der Waals surface area contributed by atoms with Gasteiger partial charge in [0.2, 0.25) is 5.91 Å². The maximum atomic E-state index is 11.6. The molecule has 0 spiro atoms. The number of esters is 1. The van der Waals surface area contributed by atoms with Crippen molar-refractivity contribution in [2.24, 2.45) is 0 Å². The average Bonchev–Trinajstić information content (AvgIpc) is 2.37. The molecular weight excluding hydrogens is 345 g/mol. The number of alkyl halides is 1. The maximum Gasteiger partial charge on any atom is 0.320 e. The van der Waals surface area contributed by atoms with E-state index in [4.69, 9.17) is 0 Å². The summed E-state index contributed by atoms with van der Waals surface area (Å²) < 4.78 is 4.23. The fraction of sp³-hybridized carbons (Fsp3) is 0.385. The Bertz CT molecular complexity index is 417. The van der Waals surface area contributed by atoms with Crippen molar-refractivity contribution in [1.82, 2.24) is 5.32 Å². The van der Waals surface area contributed by atoms with Crippen molar-refractivity contribution in [2.45, 2.75) is 17.3 Å². The van der Waals surface area contributed by atoms with Crippen LogP contribution in [0, 0.1) is 6.92 Å². The summed E-state index contributed by atoms with van der Waals surface area (Å²) in [7, 11) is 1.34. The second kappa shape index (κ2) is 7.35. The second-order valence-electron chi connectivity index (χ2n) is 3.96. The lowest BCUT2D eigenvalue weighted by atomic mass is 10.1. The molecule has 1 amide bonds. The van der Waals surface area contributed by atoms with E-state index in [9.17, 15) is 9.59 Å². The maximum absolute atomic E-state index is 11.6. The van der Waals surface area contributed by atoms with E-state index in [1.165, 1.54) is 7.11 Å². The van der Waals surface area contributed by atoms with Crippen molar-refractivity contribution < 1.29 is 14.3 Å². The van der Waals surface area contributed by atoms with E-state index in [1.807, 2.05) is 53.8 Å². The van der Waals surface area contributed by atoms with Gasteiger partial charge in [-0.15, -0.1) is 0 Å². The molecule has 1 rings (SSSR count). The van der Waals surface area contributed by atoms with Crippen LogP contribution >= 0.6 is 22.6 Å². The number of aryl methyl sites for hydroxylation is 1. The van der Waals surface area contributed by atoms with Crippen LogP contribution < -0.4 is 5.32 Å². The average molecular weight is 361 g/mol. The fourth-order valence-electron chi connectivity index (χ4n) is 1.37. The SMILES string of the molecule is COC(=O)C(I)CNC(=O)Cc1ccc(C)cc1. The van der Waals surface area contributed by atoms with E-state index in [0.717, 1.165) is 11.1 Å². The number of rotatable bonds is 5. The van der Waals surface area contributed by atoms with Gasteiger partial charge in [-0.2, -0.15) is 0 Å². The molecule has 0 aromatic heterocycles. The third kappa shape index (κ3) is 5.03. The zero-order valence-electron chi connectivity index (χ0n) is 10.4. The number of carbonyl (C=O) groups is 2. The summed E-state index contributed by atoms with van der Waals surface area (Å²) in [5, 5.41) is 2.71. The lowest BCUT2D eigenvalue weighted by Gasteiger charge is -2.09. The van der Waals surface area contributed by atoms with Crippen LogP contribution in [0.25, 0.3) is 0 Å². The molecule has 0 saturated heterocycles. The summed E-state index contributed by atoms with van der Waals surface area (Å²) in [4.78, 5) is 22.8. The first kappa shape index (κ1) is 14.9. The zero-order valence-corrected chi connectivity index (χ0v) is 12.6. The van der Waals surface area contributed by atoms with E-state index >= 15 is 0 Å². The first-order valence-corrected chi connectivity index (χ1v) is 6.81. The van der Waals surface area contributed by atoms with Gasteiger partial charge in [0, 0.05) is 6.54 Å². The van der Waals surface area contributed by atoms with Gasteiger partial charge in [0.1, 0.15) is 3.92 Å². The van der Waals surface area contributed by atoms with Gasteiger partial charge < -0.3 is 10.1 Å². The van der Waals surface area contributed by atoms with Gasteiger partial charge in [-0.3, -0.25) is 9.59 Å². The van der Waals surface area contributed by atoms with Crippen LogP contribution in [0.15, 0.2) is 24.3 Å². The van der Waals surface area contributed by atoms with Crippen LogP contribution in [0.1, 0.15) is 11.1 Å². The van der Waals surface area contributed by atoms with Crippen LogP contribution in [0.4, 0.5) is 0 Å². The minimum absolute atomic E-state index is 0.0931. The Labute approximate surface area is 120 Å². The normalized spacial score (nSPS) is 11.7. The van der Waals surface area contributed by atoms with Crippen LogP contribution in [0.2, 0.25) is 0 Å². The molecule has 1 N–H and O–H groups in total. The Kier molecular flexibility index (Phi) is 6.11. The molecule has 0 aliphatic carbocycles. The summed E-state index contributed by atoms with van der Waals surface area (Å²) in [5.41, 5.74) is 2.12. The predicted octanol–water partition coefficient (Wildman–Crippen LogP) is 1.63. The smallest absolute Gasteiger partial charge is 0.320 e. The summed E-state index contributed by atoms with van der Waals surface area (Å²) in [6.07, 6.45) is 0.324. The van der Waals surface area contributed by atoms with E-state index in [0.29, 0.717) is 6.42 Å². The third-order valence-electron chi connectivity index (χ3n) is 2.42. The summed E-state index contributed by atoms with van der Waals surface area (Å²) >= 11 is 1.95. The quantitative estimate of drug-likeness (QED) is 0.493. The van der Waals surface area contributed by atoms with Crippen molar-refractivity contribution >= 4 is 34.5 Å². The number of hydrogen-bond donors (Lipinski definition) is 1. The highest BCUT2D eigenvalue weighted by Crippen LogP contribution is 2.04. The van der Waals surface area contributed by atoms with E-state index in [1.54, 1.807) is 0 Å². The summed E-state index contributed by atoms with van der Waals surface area (Å²) in [6.45, 7) is 2.29. The Morgan fingerprint density at radius 1 is 1.33 bits per heavy atom. The molecule has 1 aromatic rings. The Morgan fingerprint density at radius 3 is 2.50 bits per heavy atom. The standard InChI is InChI=1S/C13H16INO3/c1-9-3-5-10(6-4-9)7-12(16)15-8-11(14)13(17)18-2/h3-6,11H,7-8H2,1-2H3,(H,15,16). The highest BCUT2D eigenvalue weighted by molar-refractivity contribution is 14.1. The number of halogens is 1. The van der Waals surface area contributed by atoms with Crippen LogP contribution in [0.5, 0.6) is 0 Å². The molecule has 0 heterocycles. The van der Waals surface area contributed by atoms with Crippen LogP contribution in [-0.4, -0.2) is 29.5 Å². The summed E-state index contributed by atoms with van der Waals surface area (Å²) in [6, 6.07) is 7.80. The Morgan fingerprint density at radius 2 is 1.94 bits per heavy atom. The largest absolute Gasteiger partial charge is 0.468 e. The van der Waals surface area contributed by atoms with Gasteiger partial charge >= 0.3 is 5.97 Å². The Hall–Kier alpha value is -1.11. The van der Waals surface area contributed by atoms with Crippen molar-refractivity contribution in [3.8, 4) is 0 Å². The van der Waals surface area contributed by atoms with Crippen molar-refractivity contribution in [3.05, 3.63) is 35.4 Å². The second-order valence-corrected chi connectivity index (χ2v) is 5.46. The molecule has 0 saturated carbocycles. The first-order chi connectivity index (χ1) is 8.52. The Balaban J connectivity index is 2.38. The minimum Gasteiger partial charge on any atom is -0.468 e. The van der Waals surface area contributed by atoms with Gasteiger partial charge in [-0.25, -0.2) is 0 Å². The third-order valence-corrected chi connectivity index (χ3v) is 3.37. The monoisotopic (exact) mass is 361 g/mol. The minimum atomic E-state index is -0.352. The van der Waals surface area contributed by atoms with Crippen molar-refractivity contribution in [3.63, 3.8) is 0 Å². The van der Waals surface area contributed by atoms with Crippen molar-refractivity contribution in [1.29, 1.82) is 0 Å². The molecule has 1 atom stereocenters. The molecule has 1 unspecified atom stereocenters. The number of methoxy groups -OCH3 is 1. The highest BCUT2D eigenvalue weighted by Gasteiger charge is 2.15. The number of nitrogens with one attached hydrogen (secondary N) is 1. The molecule has 0 radical (unpaired) electrons. The van der Waals surface area contributed by atoms with E-state index in [2.05, 4.69) is 10.1 Å². The molecule has 0 fully saturated rings. The van der Waals surface area contributed by atoms with Crippen LogP contribution in [-0.2, 0) is 20.7 Å². The van der Waals surface area contributed by atoms with Crippen LogP contribution in [0.3, 0.4) is 0 Å². The van der Waals surface area contributed by atoms with E-state index < -0.39 is 0 Å². The number of hydrogen-bond acceptors (Lipinski definition) is 3. The molecule has 4 nitrogen and oxygen atoms in total.